The Labute approximate surface area is 481 Å². The Morgan fingerprint density at radius 3 is 1.50 bits per heavy atom. The molecule has 4 aliphatic rings. The summed E-state index contributed by atoms with van der Waals surface area (Å²) < 4.78 is 105. The number of morpholine rings is 2. The number of nitrogens with two attached hydrogens (primary N) is 2. The molecule has 1 amide bonds. The van der Waals surface area contributed by atoms with Crippen molar-refractivity contribution in [1.29, 1.82) is 0 Å². The van der Waals surface area contributed by atoms with Crippen LogP contribution in [0.3, 0.4) is 0 Å². The molecule has 4 aliphatic heterocycles. The van der Waals surface area contributed by atoms with Gasteiger partial charge in [0, 0.05) is 91.5 Å². The van der Waals surface area contributed by atoms with Crippen LogP contribution < -0.4 is 16.8 Å². The summed E-state index contributed by atoms with van der Waals surface area (Å²) in [7, 11) is 0. The molecular formula is C60H53ClF6N8O9. The summed E-state index contributed by atoms with van der Waals surface area (Å²) in [6.07, 6.45) is 5.06. The number of nitrogens with zero attached hydrogens (tertiary/aromatic N) is 5. The Bertz CT molecular complexity index is 3740. The number of amides is 1. The van der Waals surface area contributed by atoms with Gasteiger partial charge in [0.15, 0.2) is 11.6 Å². The summed E-state index contributed by atoms with van der Waals surface area (Å²) >= 11 is 0. The number of nitrogen functional groups attached to an aromatic ring is 2. The van der Waals surface area contributed by atoms with E-state index in [4.69, 9.17) is 34.9 Å². The van der Waals surface area contributed by atoms with Crippen LogP contribution in [-0.4, -0.2) is 104 Å². The van der Waals surface area contributed by atoms with E-state index in [0.717, 1.165) is 37.9 Å². The van der Waals surface area contributed by atoms with Crippen molar-refractivity contribution in [3.63, 3.8) is 0 Å². The lowest BCUT2D eigenvalue weighted by Crippen LogP contribution is -2.41. The summed E-state index contributed by atoms with van der Waals surface area (Å²) in [6.45, 7) is 3.08. The number of pyridine rings is 4. The first-order valence-electron chi connectivity index (χ1n) is 26.2. The maximum atomic E-state index is 14.0. The van der Waals surface area contributed by atoms with Gasteiger partial charge < -0.3 is 45.1 Å². The minimum Gasteiger partial charge on any atom is -0.478 e. The summed E-state index contributed by atoms with van der Waals surface area (Å²) in [5, 5.41) is 12.8. The SMILES string of the molecule is C1OC2CNC1C2.Cl.Nc1ccc(/C=C/C(=O)CCc2cc3cc(-c4ccc(C(=O)N5CC6CC5CO6)cn4)cc(C(F)(F)F)c3o2)cn1.Nc1ccc(/C=C/C(=O)CCc2cc3cc(-c4ccc(C(=O)O)cn4)cc(C(F)(F)F)c3o2)cn1. The summed E-state index contributed by atoms with van der Waals surface area (Å²) in [5.74, 6) is -0.599. The highest BCUT2D eigenvalue weighted by Crippen LogP contribution is 2.41. The zero-order chi connectivity index (χ0) is 58.6. The van der Waals surface area contributed by atoms with Gasteiger partial charge in [-0.15, -0.1) is 12.4 Å². The molecule has 8 aromatic rings. The van der Waals surface area contributed by atoms with Crippen molar-refractivity contribution in [2.75, 3.05) is 37.8 Å². The summed E-state index contributed by atoms with van der Waals surface area (Å²) in [4.78, 5) is 66.4. The van der Waals surface area contributed by atoms with Crippen LogP contribution in [0.25, 0.3) is 56.6 Å². The number of aromatic carboxylic acids is 1. The molecule has 436 valence electrons. The first kappa shape index (κ1) is 59.8. The lowest BCUT2D eigenvalue weighted by molar-refractivity contribution is -0.137. The number of halogens is 7. The van der Waals surface area contributed by atoms with Gasteiger partial charge in [-0.3, -0.25) is 24.4 Å². The molecule has 6 N–H and O–H groups in total. The van der Waals surface area contributed by atoms with Crippen molar-refractivity contribution in [1.82, 2.24) is 30.2 Å². The number of hydrogen-bond donors (Lipinski definition) is 4. The molecule has 0 saturated carbocycles. The molecule has 0 radical (unpaired) electrons. The average Bonchev–Trinajstić information content (AvgIpc) is 3.17. The average molecular weight is 1180 g/mol. The molecule has 12 rings (SSSR count). The molecule has 84 heavy (non-hydrogen) atoms. The number of rotatable bonds is 14. The van der Waals surface area contributed by atoms with E-state index in [2.05, 4.69) is 25.3 Å². The van der Waals surface area contributed by atoms with Crippen molar-refractivity contribution < 1.29 is 68.9 Å². The van der Waals surface area contributed by atoms with E-state index in [9.17, 15) is 45.5 Å². The second-order valence-corrected chi connectivity index (χ2v) is 20.2. The first-order valence-corrected chi connectivity index (χ1v) is 26.2. The van der Waals surface area contributed by atoms with E-state index in [-0.39, 0.29) is 124 Å². The number of ether oxygens (including phenoxy) is 2. The van der Waals surface area contributed by atoms with Gasteiger partial charge in [-0.05, 0) is 133 Å². The third-order valence-corrected chi connectivity index (χ3v) is 14.2. The van der Waals surface area contributed by atoms with Crippen LogP contribution in [-0.2, 0) is 44.3 Å². The molecule has 4 atom stereocenters. The fraction of sp³-hybridized carbons (Fsp3) is 0.267. The van der Waals surface area contributed by atoms with Crippen LogP contribution in [0.1, 0.15) is 80.2 Å². The predicted octanol–water partition coefficient (Wildman–Crippen LogP) is 10.9. The van der Waals surface area contributed by atoms with Crippen LogP contribution in [0.5, 0.6) is 0 Å². The van der Waals surface area contributed by atoms with Gasteiger partial charge in [0.1, 0.15) is 34.3 Å². The molecule has 4 fully saturated rings. The summed E-state index contributed by atoms with van der Waals surface area (Å²) in [6, 6.07) is 21.0. The minimum absolute atomic E-state index is 0. The molecule has 0 spiro atoms. The maximum Gasteiger partial charge on any atom is 0.420 e. The number of ketones is 2. The van der Waals surface area contributed by atoms with E-state index < -0.39 is 29.4 Å². The van der Waals surface area contributed by atoms with Crippen LogP contribution >= 0.6 is 12.4 Å². The molecule has 24 heteroatoms. The lowest BCUT2D eigenvalue weighted by Gasteiger charge is -2.26. The molecule has 4 bridgehead atoms. The van der Waals surface area contributed by atoms with Crippen molar-refractivity contribution in [2.45, 2.75) is 75.2 Å². The number of nitrogens with one attached hydrogen (secondary N) is 1. The Morgan fingerprint density at radius 2 is 1.14 bits per heavy atom. The predicted molar refractivity (Wildman–Crippen MR) is 300 cm³/mol. The highest BCUT2D eigenvalue weighted by Gasteiger charge is 2.42. The number of hydrogen-bond acceptors (Lipinski definition) is 15. The molecule has 2 aromatic carbocycles. The van der Waals surface area contributed by atoms with Gasteiger partial charge in [0.25, 0.3) is 5.91 Å². The number of likely N-dealkylation sites (tertiary alicyclic amines) is 1. The monoisotopic (exact) mass is 1180 g/mol. The Balaban J connectivity index is 0.000000179. The van der Waals surface area contributed by atoms with E-state index >= 15 is 0 Å². The number of anilines is 2. The molecule has 0 aliphatic carbocycles. The topological polar surface area (TPSA) is 252 Å². The lowest BCUT2D eigenvalue weighted by atomic mass is 10.0. The standard InChI is InChI=1S/C30H25F3N4O4.C25H18F3N3O4.C5H9NO.ClH/c31-30(32,33)25-11-19(26-7-3-18(14-35-26)29(39)37-15-24-12-21(37)16-40-24)9-20-10-23(41-28(20)25)6-5-22(38)4-1-17-2-8-27(34)36-13-17;26-25(27,28)20-11-16(21-7-3-15(13-30-21)24(33)34)9-17-10-19(35-23(17)20)6-5-18(32)4-1-14-2-8-22(29)31-12-14;1-4-3-7-5(1)2-6-4;/h1-4,7-11,13-14,21,24H,5-6,12,15-16H2,(H2,34,36);1-4,7-13H,5-6H2,(H2,29,31)(H,33,34);4-6H,1-3H2;1H/b2*4-1+;;. The molecule has 4 unspecified atom stereocenters. The maximum absolute atomic E-state index is 14.0. The fourth-order valence-corrected chi connectivity index (χ4v) is 9.93. The first-order chi connectivity index (χ1) is 39.7. The third-order valence-electron chi connectivity index (χ3n) is 14.2. The third kappa shape index (κ3) is 14.5. The van der Waals surface area contributed by atoms with E-state index in [1.807, 2.05) is 0 Å². The second-order valence-electron chi connectivity index (χ2n) is 20.2. The van der Waals surface area contributed by atoms with Crippen molar-refractivity contribution in [3.8, 4) is 22.5 Å². The normalized spacial score (nSPS) is 18.0. The van der Waals surface area contributed by atoms with E-state index in [1.54, 1.807) is 59.5 Å². The van der Waals surface area contributed by atoms with Crippen LogP contribution in [0.4, 0.5) is 38.0 Å². The minimum atomic E-state index is -4.70. The van der Waals surface area contributed by atoms with Crippen molar-refractivity contribution >= 4 is 81.6 Å². The second kappa shape index (κ2) is 25.4. The van der Waals surface area contributed by atoms with Crippen LogP contribution in [0.2, 0.25) is 0 Å². The Kier molecular flexibility index (Phi) is 18.1. The van der Waals surface area contributed by atoms with Gasteiger partial charge in [0.2, 0.25) is 0 Å². The van der Waals surface area contributed by atoms with Gasteiger partial charge in [-0.1, -0.05) is 0 Å². The number of allylic oxidation sites excluding steroid dienone is 2. The Morgan fingerprint density at radius 1 is 0.631 bits per heavy atom. The number of benzene rings is 2. The smallest absolute Gasteiger partial charge is 0.420 e. The van der Waals surface area contributed by atoms with Gasteiger partial charge >= 0.3 is 18.3 Å². The number of alkyl halides is 6. The zero-order valence-corrected chi connectivity index (χ0v) is 45.2. The number of carbonyl (C=O) groups is 4. The highest BCUT2D eigenvalue weighted by atomic mass is 35.5. The van der Waals surface area contributed by atoms with Crippen LogP contribution in [0.15, 0.2) is 131 Å². The van der Waals surface area contributed by atoms with E-state index in [1.165, 1.54) is 67.5 Å². The largest absolute Gasteiger partial charge is 0.478 e. The highest BCUT2D eigenvalue weighted by molar-refractivity contribution is 5.96. The number of carbonyl (C=O) groups excluding carboxylic acids is 3. The van der Waals surface area contributed by atoms with E-state index in [0.29, 0.717) is 59.3 Å². The number of aryl methyl sites for hydroxylation is 2. The van der Waals surface area contributed by atoms with Crippen molar-refractivity contribution in [3.05, 3.63) is 167 Å². The quantitative estimate of drug-likeness (QED) is 0.0583. The molecule has 4 saturated heterocycles. The van der Waals surface area contributed by atoms with Crippen molar-refractivity contribution in [2.24, 2.45) is 0 Å². The number of fused-ring (bicyclic) bond motifs is 6. The van der Waals surface area contributed by atoms with Crippen LogP contribution in [0, 0.1) is 0 Å². The van der Waals surface area contributed by atoms with Gasteiger partial charge in [0.05, 0.1) is 65.1 Å². The fourth-order valence-electron chi connectivity index (χ4n) is 9.93. The molecular weight excluding hydrogens is 1130 g/mol. The molecule has 6 aromatic heterocycles. The Hall–Kier alpha value is -8.77. The summed E-state index contributed by atoms with van der Waals surface area (Å²) in [5.41, 5.74) is 11.0. The number of aromatic nitrogens is 4. The molecule has 10 heterocycles. The number of furan rings is 2. The molecule has 17 nitrogen and oxygen atoms in total. The number of carboxylic acids is 1. The van der Waals surface area contributed by atoms with Gasteiger partial charge in [-0.2, -0.15) is 26.3 Å². The van der Waals surface area contributed by atoms with Gasteiger partial charge in [-0.25, -0.2) is 14.8 Å². The zero-order valence-electron chi connectivity index (χ0n) is 44.4. The number of carboxylic acid groups (broad SMARTS) is 1.